The summed E-state index contributed by atoms with van der Waals surface area (Å²) in [6, 6.07) is 5.54. The summed E-state index contributed by atoms with van der Waals surface area (Å²) in [4.78, 5) is 26.9. The first-order valence-electron chi connectivity index (χ1n) is 7.90. The van der Waals surface area contributed by atoms with Gasteiger partial charge in [0.1, 0.15) is 6.04 Å². The molecule has 23 heavy (non-hydrogen) atoms. The van der Waals surface area contributed by atoms with Crippen molar-refractivity contribution in [2.45, 2.75) is 26.3 Å². The lowest BCUT2D eigenvalue weighted by Gasteiger charge is -2.25. The van der Waals surface area contributed by atoms with Gasteiger partial charge in [-0.3, -0.25) is 9.59 Å². The van der Waals surface area contributed by atoms with Crippen molar-refractivity contribution in [1.82, 2.24) is 4.90 Å². The molecule has 2 amide bonds. The minimum Gasteiger partial charge on any atom is -0.381 e. The topological polar surface area (TPSA) is 58.6 Å². The van der Waals surface area contributed by atoms with Crippen LogP contribution in [0.15, 0.2) is 18.2 Å². The molecule has 1 N–H and O–H groups in total. The number of nitrogens with zero attached hydrogens (tertiary/aromatic N) is 1. The Morgan fingerprint density at radius 3 is 2.87 bits per heavy atom. The van der Waals surface area contributed by atoms with Gasteiger partial charge in [0.15, 0.2) is 0 Å². The molecular formula is C17H22N2O3S. The lowest BCUT2D eigenvalue weighted by molar-refractivity contribution is -0.139. The fourth-order valence-electron chi connectivity index (χ4n) is 3.01. The zero-order valence-electron chi connectivity index (χ0n) is 13.5. The molecule has 0 aromatic heterocycles. The maximum absolute atomic E-state index is 12.6. The van der Waals surface area contributed by atoms with Gasteiger partial charge in [-0.1, -0.05) is 17.7 Å². The van der Waals surface area contributed by atoms with E-state index in [2.05, 4.69) is 5.32 Å². The van der Waals surface area contributed by atoms with Gasteiger partial charge in [0.05, 0.1) is 18.4 Å². The Balaban J connectivity index is 1.69. The lowest BCUT2D eigenvalue weighted by atomic mass is 10.1. The number of aryl methyl sites for hydroxylation is 2. The van der Waals surface area contributed by atoms with Crippen LogP contribution in [-0.4, -0.2) is 47.6 Å². The highest BCUT2D eigenvalue weighted by molar-refractivity contribution is 7.99. The number of nitrogens with one attached hydrogen (secondary N) is 1. The molecule has 124 valence electrons. The second kappa shape index (κ2) is 6.93. The fourth-order valence-corrected chi connectivity index (χ4v) is 4.17. The van der Waals surface area contributed by atoms with Gasteiger partial charge in [-0.05, 0) is 31.9 Å². The van der Waals surface area contributed by atoms with Crippen molar-refractivity contribution in [1.29, 1.82) is 0 Å². The number of amides is 2. The van der Waals surface area contributed by atoms with E-state index in [4.69, 9.17) is 4.74 Å². The third kappa shape index (κ3) is 3.53. The summed E-state index contributed by atoms with van der Waals surface area (Å²) in [5.74, 6) is 1.09. The van der Waals surface area contributed by atoms with Crippen molar-refractivity contribution in [3.8, 4) is 0 Å². The molecule has 3 rings (SSSR count). The molecule has 0 aliphatic carbocycles. The molecule has 2 heterocycles. The molecule has 5 nitrogen and oxygen atoms in total. The highest BCUT2D eigenvalue weighted by atomic mass is 32.2. The number of carbonyl (C=O) groups excluding carboxylic acids is 2. The second-order valence-electron chi connectivity index (χ2n) is 6.19. The fraction of sp³-hybridized carbons (Fsp3) is 0.529. The summed E-state index contributed by atoms with van der Waals surface area (Å²) in [5, 5.41) is 2.98. The molecule has 2 saturated heterocycles. The summed E-state index contributed by atoms with van der Waals surface area (Å²) < 4.78 is 5.30. The van der Waals surface area contributed by atoms with Crippen LogP contribution in [0.5, 0.6) is 0 Å². The van der Waals surface area contributed by atoms with Crippen molar-refractivity contribution in [3.63, 3.8) is 0 Å². The van der Waals surface area contributed by atoms with Crippen LogP contribution in [0.25, 0.3) is 0 Å². The quantitative estimate of drug-likeness (QED) is 0.920. The van der Waals surface area contributed by atoms with E-state index in [-0.39, 0.29) is 17.7 Å². The van der Waals surface area contributed by atoms with E-state index in [1.54, 1.807) is 16.7 Å². The summed E-state index contributed by atoms with van der Waals surface area (Å²) in [5.41, 5.74) is 3.01. The molecule has 0 saturated carbocycles. The number of anilines is 1. The average molecular weight is 334 g/mol. The standard InChI is InChI=1S/C17H22N2O3S/c1-11-3-4-14(12(2)7-11)18-16(20)15-9-23-10-19(15)17(21)13-5-6-22-8-13/h3-4,7,13,15H,5-6,8-10H2,1-2H3,(H,18,20)/t13-,15-/m0/s1. The smallest absolute Gasteiger partial charge is 0.248 e. The van der Waals surface area contributed by atoms with Crippen LogP contribution in [0, 0.1) is 19.8 Å². The summed E-state index contributed by atoms with van der Waals surface area (Å²) >= 11 is 1.63. The Morgan fingerprint density at radius 1 is 1.35 bits per heavy atom. The van der Waals surface area contributed by atoms with Gasteiger partial charge >= 0.3 is 0 Å². The monoisotopic (exact) mass is 334 g/mol. The lowest BCUT2D eigenvalue weighted by Crippen LogP contribution is -2.47. The normalized spacial score (nSPS) is 24.0. The molecule has 2 aliphatic heterocycles. The van der Waals surface area contributed by atoms with Crippen LogP contribution in [-0.2, 0) is 14.3 Å². The zero-order valence-corrected chi connectivity index (χ0v) is 14.3. The largest absolute Gasteiger partial charge is 0.381 e. The summed E-state index contributed by atoms with van der Waals surface area (Å²) in [7, 11) is 0. The first-order valence-corrected chi connectivity index (χ1v) is 9.06. The Morgan fingerprint density at radius 2 is 2.17 bits per heavy atom. The Hall–Kier alpha value is -1.53. The highest BCUT2D eigenvalue weighted by Crippen LogP contribution is 2.27. The average Bonchev–Trinajstić information content (AvgIpc) is 3.20. The van der Waals surface area contributed by atoms with E-state index in [0.29, 0.717) is 24.8 Å². The molecule has 0 unspecified atom stereocenters. The van der Waals surface area contributed by atoms with Crippen molar-refractivity contribution in [2.24, 2.45) is 5.92 Å². The number of thioether (sulfide) groups is 1. The van der Waals surface area contributed by atoms with Crippen molar-refractivity contribution in [2.75, 3.05) is 30.2 Å². The van der Waals surface area contributed by atoms with Gasteiger partial charge in [0, 0.05) is 18.0 Å². The molecule has 0 bridgehead atoms. The van der Waals surface area contributed by atoms with Crippen LogP contribution < -0.4 is 5.32 Å². The van der Waals surface area contributed by atoms with Gasteiger partial charge in [0.25, 0.3) is 0 Å². The van der Waals surface area contributed by atoms with E-state index >= 15 is 0 Å². The van der Waals surface area contributed by atoms with Gasteiger partial charge in [-0.15, -0.1) is 11.8 Å². The first-order chi connectivity index (χ1) is 11.1. The Labute approximate surface area is 140 Å². The van der Waals surface area contributed by atoms with Gasteiger partial charge in [-0.2, -0.15) is 0 Å². The van der Waals surface area contributed by atoms with Crippen molar-refractivity contribution in [3.05, 3.63) is 29.3 Å². The Kier molecular flexibility index (Phi) is 4.92. The number of hydrogen-bond donors (Lipinski definition) is 1. The SMILES string of the molecule is Cc1ccc(NC(=O)[C@@H]2CSCN2C(=O)[C@H]2CCOC2)c(C)c1. The van der Waals surface area contributed by atoms with Crippen LogP contribution in [0.3, 0.4) is 0 Å². The molecule has 6 heteroatoms. The van der Waals surface area contributed by atoms with Crippen LogP contribution in [0.2, 0.25) is 0 Å². The predicted octanol–water partition coefficient (Wildman–Crippen LogP) is 2.18. The summed E-state index contributed by atoms with van der Waals surface area (Å²) in [6.07, 6.45) is 0.755. The van der Waals surface area contributed by atoms with Crippen LogP contribution in [0.4, 0.5) is 5.69 Å². The third-order valence-corrected chi connectivity index (χ3v) is 5.40. The maximum atomic E-state index is 12.6. The van der Waals surface area contributed by atoms with E-state index in [0.717, 1.165) is 23.2 Å². The first kappa shape index (κ1) is 16.3. The molecule has 0 spiro atoms. The molecule has 1 aromatic rings. The molecule has 0 radical (unpaired) electrons. The molecule has 2 aliphatic rings. The van der Waals surface area contributed by atoms with Crippen LogP contribution in [0.1, 0.15) is 17.5 Å². The highest BCUT2D eigenvalue weighted by Gasteiger charge is 2.38. The molecule has 1 aromatic carbocycles. The number of rotatable bonds is 3. The molecular weight excluding hydrogens is 312 g/mol. The number of ether oxygens (including phenoxy) is 1. The number of hydrogen-bond acceptors (Lipinski definition) is 4. The third-order valence-electron chi connectivity index (χ3n) is 4.39. The van der Waals surface area contributed by atoms with Crippen LogP contribution >= 0.6 is 11.8 Å². The zero-order chi connectivity index (χ0) is 16.4. The minimum atomic E-state index is -0.395. The maximum Gasteiger partial charge on any atom is 0.248 e. The minimum absolute atomic E-state index is 0.0493. The van der Waals surface area contributed by atoms with Gasteiger partial charge in [0.2, 0.25) is 11.8 Å². The van der Waals surface area contributed by atoms with E-state index in [1.807, 2.05) is 32.0 Å². The molecule has 2 fully saturated rings. The van der Waals surface area contributed by atoms with E-state index < -0.39 is 6.04 Å². The number of carbonyl (C=O) groups is 2. The Bertz CT molecular complexity index is 614. The van der Waals surface area contributed by atoms with E-state index in [9.17, 15) is 9.59 Å². The number of benzene rings is 1. The van der Waals surface area contributed by atoms with Crippen molar-refractivity contribution < 1.29 is 14.3 Å². The van der Waals surface area contributed by atoms with Crippen molar-refractivity contribution >= 4 is 29.3 Å². The van der Waals surface area contributed by atoms with E-state index in [1.165, 1.54) is 0 Å². The van der Waals surface area contributed by atoms with Gasteiger partial charge in [-0.25, -0.2) is 0 Å². The summed E-state index contributed by atoms with van der Waals surface area (Å²) in [6.45, 7) is 5.11. The predicted molar refractivity (Wildman–Crippen MR) is 91.4 cm³/mol. The molecule has 2 atom stereocenters. The van der Waals surface area contributed by atoms with Gasteiger partial charge < -0.3 is 15.0 Å². The second-order valence-corrected chi connectivity index (χ2v) is 7.19.